The number of amides is 6. The van der Waals surface area contributed by atoms with E-state index in [2.05, 4.69) is 41.9 Å². The number of rotatable bonds is 9. The standard InChI is InChI=1S/C43H43N9O6/c44-31-15-7-4-14-30(31)39(54)47-23-37-43(58)50-34(18-25-10-2-1-3-11-25)40(55)48-24-38(53)49-35(19-26-21-45-32-16-8-5-12-28(26)32)41(56)51-36(42(57)52-37)20-27-22-46-33-17-9-6-13-29(27)33/h1-17,21-22,34-37,45-46H,18-20,23-24,44H2,(H,47,54)(H,48,55)(H,49,53)(H,50,58)(H,51,56)(H,52,57)/t34-,35+,36+,37+/m1/s1. The van der Waals surface area contributed by atoms with E-state index < -0.39 is 72.7 Å². The number of hydrogen-bond acceptors (Lipinski definition) is 7. The minimum absolute atomic E-state index is 0.00669. The number of H-pyrrole nitrogens is 2. The van der Waals surface area contributed by atoms with Gasteiger partial charge in [-0.05, 0) is 41.0 Å². The smallest absolute Gasteiger partial charge is 0.253 e. The van der Waals surface area contributed by atoms with Crippen LogP contribution in [-0.4, -0.2) is 82.7 Å². The summed E-state index contributed by atoms with van der Waals surface area (Å²) in [4.78, 5) is 89.8. The number of nitrogens with one attached hydrogen (secondary N) is 8. The number of anilines is 1. The molecule has 1 aliphatic heterocycles. The zero-order chi connectivity index (χ0) is 40.6. The summed E-state index contributed by atoms with van der Waals surface area (Å²) in [5, 5.41) is 18.0. The van der Waals surface area contributed by atoms with Crippen molar-refractivity contribution in [2.75, 3.05) is 18.8 Å². The molecular weight excluding hydrogens is 739 g/mol. The Morgan fingerprint density at radius 1 is 0.569 bits per heavy atom. The van der Waals surface area contributed by atoms with Crippen LogP contribution < -0.4 is 37.6 Å². The quantitative estimate of drug-likeness (QED) is 0.0986. The zero-order valence-corrected chi connectivity index (χ0v) is 31.3. The summed E-state index contributed by atoms with van der Waals surface area (Å²) in [6, 6.07) is 25.3. The predicted octanol–water partition coefficient (Wildman–Crippen LogP) is 1.76. The summed E-state index contributed by atoms with van der Waals surface area (Å²) >= 11 is 0. The topological polar surface area (TPSA) is 232 Å². The minimum atomic E-state index is -1.43. The molecule has 3 heterocycles. The fourth-order valence-corrected chi connectivity index (χ4v) is 7.07. The first-order chi connectivity index (χ1) is 28.1. The maximum Gasteiger partial charge on any atom is 0.253 e. The van der Waals surface area contributed by atoms with Crippen molar-refractivity contribution in [1.29, 1.82) is 0 Å². The van der Waals surface area contributed by atoms with Gasteiger partial charge in [-0.15, -0.1) is 0 Å². The summed E-state index contributed by atoms with van der Waals surface area (Å²) in [6.45, 7) is -0.910. The highest BCUT2D eigenvalue weighted by Gasteiger charge is 2.34. The molecule has 1 fully saturated rings. The number of carbonyl (C=O) groups excluding carboxylic acids is 6. The molecule has 1 aliphatic rings. The molecule has 4 atom stereocenters. The van der Waals surface area contributed by atoms with Crippen molar-refractivity contribution in [3.05, 3.63) is 138 Å². The monoisotopic (exact) mass is 781 g/mol. The van der Waals surface area contributed by atoms with Crippen molar-refractivity contribution >= 4 is 62.9 Å². The first-order valence-corrected chi connectivity index (χ1v) is 18.9. The van der Waals surface area contributed by atoms with Gasteiger partial charge in [-0.3, -0.25) is 28.8 Å². The predicted molar refractivity (Wildman–Crippen MR) is 218 cm³/mol. The molecule has 2 aromatic heterocycles. The zero-order valence-electron chi connectivity index (χ0n) is 31.3. The van der Waals surface area contributed by atoms with Gasteiger partial charge in [0.05, 0.1) is 12.1 Å². The molecule has 6 aromatic rings. The largest absolute Gasteiger partial charge is 0.398 e. The summed E-state index contributed by atoms with van der Waals surface area (Å²) in [6.07, 6.45) is 3.58. The van der Waals surface area contributed by atoms with Crippen LogP contribution in [0.4, 0.5) is 5.69 Å². The van der Waals surface area contributed by atoms with Gasteiger partial charge in [0, 0.05) is 65.7 Å². The van der Waals surface area contributed by atoms with E-state index in [-0.39, 0.29) is 30.5 Å². The van der Waals surface area contributed by atoms with Crippen LogP contribution >= 0.6 is 0 Å². The summed E-state index contributed by atoms with van der Waals surface area (Å²) in [5.41, 5.74) is 10.2. The average molecular weight is 782 g/mol. The molecule has 1 saturated heterocycles. The molecule has 10 N–H and O–H groups in total. The van der Waals surface area contributed by atoms with Crippen LogP contribution in [0.15, 0.2) is 116 Å². The molecule has 6 amide bonds. The number of nitrogen functional groups attached to an aromatic ring is 1. The molecule has 0 spiro atoms. The van der Waals surface area contributed by atoms with Crippen molar-refractivity contribution in [2.45, 2.75) is 43.4 Å². The highest BCUT2D eigenvalue weighted by Crippen LogP contribution is 2.21. The Bertz CT molecular complexity index is 2480. The fourth-order valence-electron chi connectivity index (χ4n) is 7.07. The highest BCUT2D eigenvalue weighted by atomic mass is 16.2. The number of hydrogen-bond donors (Lipinski definition) is 9. The van der Waals surface area contributed by atoms with Crippen molar-refractivity contribution in [2.24, 2.45) is 0 Å². The third-order valence-electron chi connectivity index (χ3n) is 10.1. The molecule has 296 valence electrons. The number of nitrogens with two attached hydrogens (primary N) is 1. The van der Waals surface area contributed by atoms with E-state index in [9.17, 15) is 28.8 Å². The van der Waals surface area contributed by atoms with Gasteiger partial charge in [-0.2, -0.15) is 0 Å². The second kappa shape index (κ2) is 17.6. The first-order valence-electron chi connectivity index (χ1n) is 18.9. The van der Waals surface area contributed by atoms with E-state index in [4.69, 9.17) is 5.73 Å². The number of para-hydroxylation sites is 3. The van der Waals surface area contributed by atoms with E-state index in [1.54, 1.807) is 54.9 Å². The van der Waals surface area contributed by atoms with Crippen molar-refractivity contribution in [3.8, 4) is 0 Å². The Labute approximate surface area is 332 Å². The van der Waals surface area contributed by atoms with E-state index in [1.165, 1.54) is 6.07 Å². The van der Waals surface area contributed by atoms with Crippen LogP contribution in [-0.2, 0) is 43.2 Å². The van der Waals surface area contributed by atoms with E-state index in [0.717, 1.165) is 27.4 Å². The van der Waals surface area contributed by atoms with E-state index in [0.29, 0.717) is 11.1 Å². The third kappa shape index (κ3) is 9.16. The second-order valence-electron chi connectivity index (χ2n) is 14.1. The molecule has 0 radical (unpaired) electrons. The van der Waals surface area contributed by atoms with Crippen molar-refractivity contribution in [3.63, 3.8) is 0 Å². The fraction of sp³-hybridized carbons (Fsp3) is 0.209. The van der Waals surface area contributed by atoms with Crippen LogP contribution in [0.5, 0.6) is 0 Å². The van der Waals surface area contributed by atoms with Gasteiger partial charge in [0.15, 0.2) is 0 Å². The molecule has 0 aliphatic carbocycles. The molecular formula is C43H43N9O6. The molecule has 0 unspecified atom stereocenters. The van der Waals surface area contributed by atoms with Crippen LogP contribution in [0.3, 0.4) is 0 Å². The maximum atomic E-state index is 14.5. The van der Waals surface area contributed by atoms with Crippen LogP contribution in [0.1, 0.15) is 27.0 Å². The van der Waals surface area contributed by atoms with Gasteiger partial charge < -0.3 is 47.6 Å². The average Bonchev–Trinajstić information content (AvgIpc) is 3.84. The molecule has 4 aromatic carbocycles. The molecule has 0 bridgehead atoms. The lowest BCUT2D eigenvalue weighted by molar-refractivity contribution is -0.133. The van der Waals surface area contributed by atoms with Gasteiger partial charge in [0.2, 0.25) is 29.5 Å². The highest BCUT2D eigenvalue weighted by molar-refractivity contribution is 6.01. The molecule has 15 heteroatoms. The van der Waals surface area contributed by atoms with Crippen LogP contribution in [0.25, 0.3) is 21.8 Å². The third-order valence-corrected chi connectivity index (χ3v) is 10.1. The van der Waals surface area contributed by atoms with Crippen molar-refractivity contribution < 1.29 is 28.8 Å². The number of aromatic nitrogens is 2. The van der Waals surface area contributed by atoms with Crippen molar-refractivity contribution in [1.82, 2.24) is 41.9 Å². The lowest BCUT2D eigenvalue weighted by atomic mass is 10.0. The lowest BCUT2D eigenvalue weighted by Crippen LogP contribution is -2.60. The molecule has 7 rings (SSSR count). The normalized spacial score (nSPS) is 19.6. The summed E-state index contributed by atoms with van der Waals surface area (Å²) in [5.74, 6) is -4.14. The molecule has 0 saturated carbocycles. The summed E-state index contributed by atoms with van der Waals surface area (Å²) < 4.78 is 0. The maximum absolute atomic E-state index is 14.5. The van der Waals surface area contributed by atoms with Gasteiger partial charge in [0.1, 0.15) is 24.2 Å². The van der Waals surface area contributed by atoms with Gasteiger partial charge in [0.25, 0.3) is 5.91 Å². The van der Waals surface area contributed by atoms with Gasteiger partial charge in [-0.25, -0.2) is 0 Å². The van der Waals surface area contributed by atoms with Crippen LogP contribution in [0, 0.1) is 0 Å². The molecule has 15 nitrogen and oxygen atoms in total. The van der Waals surface area contributed by atoms with Crippen LogP contribution in [0.2, 0.25) is 0 Å². The minimum Gasteiger partial charge on any atom is -0.398 e. The molecule has 58 heavy (non-hydrogen) atoms. The van der Waals surface area contributed by atoms with E-state index in [1.807, 2.05) is 54.6 Å². The SMILES string of the molecule is Nc1ccccc1C(=O)NC[C@@H]1NC(=O)[C@H](Cc2c[nH]c3ccccc23)NC(=O)[C@H](Cc2c[nH]c3ccccc23)NC(=O)CNC(=O)[C@@H](Cc2ccccc2)NC1=O. The first kappa shape index (κ1) is 38.8. The Hall–Kier alpha value is -7.42. The van der Waals surface area contributed by atoms with E-state index >= 15 is 0 Å². The number of fused-ring (bicyclic) bond motifs is 2. The number of benzene rings is 4. The Morgan fingerprint density at radius 2 is 1.07 bits per heavy atom. The van der Waals surface area contributed by atoms with Gasteiger partial charge >= 0.3 is 0 Å². The summed E-state index contributed by atoms with van der Waals surface area (Å²) in [7, 11) is 0. The lowest BCUT2D eigenvalue weighted by Gasteiger charge is -2.26. The second-order valence-corrected chi connectivity index (χ2v) is 14.1. The Morgan fingerprint density at radius 3 is 1.69 bits per heavy atom. The number of carbonyl (C=O) groups is 6. The Kier molecular flexibility index (Phi) is 11.8. The number of aromatic amines is 2. The van der Waals surface area contributed by atoms with Gasteiger partial charge in [-0.1, -0.05) is 78.9 Å². The Balaban J connectivity index is 1.24.